The topological polar surface area (TPSA) is 46.0 Å². The largest absolute Gasteiger partial charge is 0.392 e. The molecule has 0 fully saturated rings. The molecule has 0 aromatic carbocycles. The van der Waals surface area contributed by atoms with E-state index in [1.165, 1.54) is 0 Å². The molecule has 0 amide bonds. The Labute approximate surface area is 79.7 Å². The van der Waals surface area contributed by atoms with E-state index >= 15 is 0 Å². The first-order valence-corrected chi connectivity index (χ1v) is 4.72. The molecule has 2 rings (SSSR count). The van der Waals surface area contributed by atoms with Crippen molar-refractivity contribution in [1.82, 2.24) is 9.97 Å². The zero-order valence-corrected chi connectivity index (χ0v) is 7.66. The highest BCUT2D eigenvalue weighted by atomic mass is 32.1. The average molecular weight is 192 g/mol. The summed E-state index contributed by atoms with van der Waals surface area (Å²) < 4.78 is 0. The van der Waals surface area contributed by atoms with Gasteiger partial charge in [-0.15, -0.1) is 11.3 Å². The van der Waals surface area contributed by atoms with Gasteiger partial charge in [0.1, 0.15) is 0 Å². The Morgan fingerprint density at radius 1 is 1.23 bits per heavy atom. The normalized spacial score (nSPS) is 10.2. The van der Waals surface area contributed by atoms with E-state index in [9.17, 15) is 0 Å². The van der Waals surface area contributed by atoms with Gasteiger partial charge in [0, 0.05) is 24.2 Å². The third-order valence-corrected chi connectivity index (χ3v) is 2.52. The lowest BCUT2D eigenvalue weighted by atomic mass is 10.2. The summed E-state index contributed by atoms with van der Waals surface area (Å²) in [7, 11) is 0. The number of hydrogen-bond acceptors (Lipinski definition) is 4. The van der Waals surface area contributed by atoms with E-state index in [-0.39, 0.29) is 6.61 Å². The molecule has 0 atom stereocenters. The molecule has 0 unspecified atom stereocenters. The smallest absolute Gasteiger partial charge is 0.0797 e. The molecule has 0 aliphatic rings. The molecule has 1 N–H and O–H groups in total. The van der Waals surface area contributed by atoms with Crippen LogP contribution in [0.25, 0.3) is 10.4 Å². The molecule has 66 valence electrons. The summed E-state index contributed by atoms with van der Waals surface area (Å²) >= 11 is 1.56. The molecule has 13 heavy (non-hydrogen) atoms. The highest BCUT2D eigenvalue weighted by Gasteiger charge is 2.00. The van der Waals surface area contributed by atoms with E-state index in [1.54, 1.807) is 35.4 Å². The predicted octanol–water partition coefficient (Wildman–Crippen LogP) is 1.70. The summed E-state index contributed by atoms with van der Waals surface area (Å²) in [4.78, 5) is 9.08. The number of pyridine rings is 1. The molecule has 0 aliphatic heterocycles. The molecule has 3 nitrogen and oxygen atoms in total. The van der Waals surface area contributed by atoms with Gasteiger partial charge in [-0.3, -0.25) is 9.97 Å². The van der Waals surface area contributed by atoms with Gasteiger partial charge in [0.05, 0.1) is 17.0 Å². The maximum Gasteiger partial charge on any atom is 0.0797 e. The van der Waals surface area contributed by atoms with E-state index in [1.807, 2.05) is 6.07 Å². The van der Waals surface area contributed by atoms with E-state index in [4.69, 9.17) is 5.11 Å². The number of hydrogen-bond donors (Lipinski definition) is 1. The van der Waals surface area contributed by atoms with Crippen LogP contribution in [0.1, 0.15) is 5.56 Å². The van der Waals surface area contributed by atoms with Crippen LogP contribution in [-0.2, 0) is 6.61 Å². The summed E-state index contributed by atoms with van der Waals surface area (Å²) in [5.74, 6) is 0. The third kappa shape index (κ3) is 1.74. The highest BCUT2D eigenvalue weighted by Crippen LogP contribution is 2.22. The van der Waals surface area contributed by atoms with Crippen molar-refractivity contribution in [3.63, 3.8) is 0 Å². The number of thiazole rings is 1. The Kier molecular flexibility index (Phi) is 2.33. The first kappa shape index (κ1) is 8.34. The number of aliphatic hydroxyl groups is 1. The van der Waals surface area contributed by atoms with E-state index in [0.29, 0.717) is 0 Å². The van der Waals surface area contributed by atoms with Crippen molar-refractivity contribution >= 4 is 11.3 Å². The van der Waals surface area contributed by atoms with Gasteiger partial charge in [-0.2, -0.15) is 0 Å². The molecule has 0 bridgehead atoms. The van der Waals surface area contributed by atoms with Crippen molar-refractivity contribution in [2.24, 2.45) is 0 Å². The Morgan fingerprint density at radius 3 is 2.85 bits per heavy atom. The van der Waals surface area contributed by atoms with Crippen LogP contribution in [0.15, 0.2) is 30.2 Å². The predicted molar refractivity (Wildman–Crippen MR) is 51.3 cm³/mol. The van der Waals surface area contributed by atoms with Crippen molar-refractivity contribution in [3.8, 4) is 10.4 Å². The van der Waals surface area contributed by atoms with Crippen LogP contribution in [0.4, 0.5) is 0 Å². The summed E-state index contributed by atoms with van der Waals surface area (Å²) in [5, 5.41) is 8.91. The van der Waals surface area contributed by atoms with Crippen LogP contribution in [0, 0.1) is 0 Å². The zero-order valence-electron chi connectivity index (χ0n) is 6.84. The summed E-state index contributed by atoms with van der Waals surface area (Å²) in [6.45, 7) is 0.0274. The van der Waals surface area contributed by atoms with Crippen LogP contribution in [0.2, 0.25) is 0 Å². The second kappa shape index (κ2) is 3.64. The standard InChI is InChI=1S/C9H8N2OS/c12-5-7-1-8(3-10-2-7)9-4-11-6-13-9/h1-4,6,12H,5H2. The van der Waals surface area contributed by atoms with Crippen LogP contribution in [-0.4, -0.2) is 15.1 Å². The van der Waals surface area contributed by atoms with Gasteiger partial charge < -0.3 is 5.11 Å². The molecule has 2 aromatic heterocycles. The van der Waals surface area contributed by atoms with E-state index in [0.717, 1.165) is 16.0 Å². The Bertz CT molecular complexity index is 386. The third-order valence-electron chi connectivity index (χ3n) is 1.69. The molecular formula is C9H8N2OS. The van der Waals surface area contributed by atoms with Gasteiger partial charge in [-0.25, -0.2) is 0 Å². The number of aromatic nitrogens is 2. The lowest BCUT2D eigenvalue weighted by molar-refractivity contribution is 0.281. The number of nitrogens with zero attached hydrogens (tertiary/aromatic N) is 2. The van der Waals surface area contributed by atoms with Gasteiger partial charge in [0.15, 0.2) is 0 Å². The molecule has 0 aliphatic carbocycles. The molecular weight excluding hydrogens is 184 g/mol. The quantitative estimate of drug-likeness (QED) is 0.787. The molecule has 0 radical (unpaired) electrons. The lowest BCUT2D eigenvalue weighted by Gasteiger charge is -1.98. The van der Waals surface area contributed by atoms with Crippen molar-refractivity contribution < 1.29 is 5.11 Å². The maximum atomic E-state index is 8.91. The first-order chi connectivity index (χ1) is 6.40. The monoisotopic (exact) mass is 192 g/mol. The minimum Gasteiger partial charge on any atom is -0.392 e. The summed E-state index contributed by atoms with van der Waals surface area (Å²) in [5.41, 5.74) is 3.61. The average Bonchev–Trinajstić information content (AvgIpc) is 2.71. The van der Waals surface area contributed by atoms with Crippen LogP contribution in [0.3, 0.4) is 0 Å². The van der Waals surface area contributed by atoms with Gasteiger partial charge >= 0.3 is 0 Å². The summed E-state index contributed by atoms with van der Waals surface area (Å²) in [6, 6.07) is 1.92. The number of rotatable bonds is 2. The van der Waals surface area contributed by atoms with E-state index in [2.05, 4.69) is 9.97 Å². The van der Waals surface area contributed by atoms with Crippen molar-refractivity contribution in [1.29, 1.82) is 0 Å². The number of aliphatic hydroxyl groups excluding tert-OH is 1. The lowest BCUT2D eigenvalue weighted by Crippen LogP contribution is -1.85. The Morgan fingerprint density at radius 2 is 2.15 bits per heavy atom. The minimum absolute atomic E-state index is 0.0274. The van der Waals surface area contributed by atoms with Crippen molar-refractivity contribution in [2.45, 2.75) is 6.61 Å². The summed E-state index contributed by atoms with van der Waals surface area (Å²) in [6.07, 6.45) is 5.22. The SMILES string of the molecule is OCc1cncc(-c2cncs2)c1. The fourth-order valence-corrected chi connectivity index (χ4v) is 1.67. The van der Waals surface area contributed by atoms with Crippen LogP contribution >= 0.6 is 11.3 Å². The highest BCUT2D eigenvalue weighted by molar-refractivity contribution is 7.13. The van der Waals surface area contributed by atoms with Gasteiger partial charge in [0.25, 0.3) is 0 Å². The van der Waals surface area contributed by atoms with Gasteiger partial charge in [-0.1, -0.05) is 0 Å². The Hall–Kier alpha value is -1.26. The first-order valence-electron chi connectivity index (χ1n) is 3.84. The maximum absolute atomic E-state index is 8.91. The fourth-order valence-electron chi connectivity index (χ4n) is 1.07. The van der Waals surface area contributed by atoms with E-state index < -0.39 is 0 Å². The minimum atomic E-state index is 0.0274. The van der Waals surface area contributed by atoms with Crippen LogP contribution in [0.5, 0.6) is 0 Å². The molecule has 0 saturated heterocycles. The fraction of sp³-hybridized carbons (Fsp3) is 0.111. The second-order valence-electron chi connectivity index (χ2n) is 2.61. The van der Waals surface area contributed by atoms with Crippen molar-refractivity contribution in [2.75, 3.05) is 0 Å². The Balaban J connectivity index is 2.41. The van der Waals surface area contributed by atoms with Crippen molar-refractivity contribution in [3.05, 3.63) is 35.7 Å². The second-order valence-corrected chi connectivity index (χ2v) is 3.49. The molecule has 0 saturated carbocycles. The molecule has 0 spiro atoms. The zero-order chi connectivity index (χ0) is 9.10. The molecule has 2 aromatic rings. The van der Waals surface area contributed by atoms with Gasteiger partial charge in [0.2, 0.25) is 0 Å². The molecule has 4 heteroatoms. The van der Waals surface area contributed by atoms with Crippen LogP contribution < -0.4 is 0 Å². The molecule has 2 heterocycles. The van der Waals surface area contributed by atoms with Gasteiger partial charge in [-0.05, 0) is 11.6 Å².